The Hall–Kier alpha value is -0.370. The SMILES string of the molecule is CCOCCCCCCCC(C)=O. The van der Waals surface area contributed by atoms with E-state index in [1.165, 1.54) is 19.3 Å². The summed E-state index contributed by atoms with van der Waals surface area (Å²) < 4.78 is 5.22. The Balaban J connectivity index is 2.87. The molecule has 0 rings (SSSR count). The Morgan fingerprint density at radius 3 is 2.31 bits per heavy atom. The zero-order chi connectivity index (χ0) is 9.94. The molecule has 0 radical (unpaired) electrons. The molecule has 0 aromatic carbocycles. The number of carbonyl (C=O) groups excluding carboxylic acids is 1. The molecule has 0 saturated heterocycles. The first-order valence-corrected chi connectivity index (χ1v) is 5.34. The number of rotatable bonds is 9. The fourth-order valence-corrected chi connectivity index (χ4v) is 1.25. The second kappa shape index (κ2) is 9.72. The first-order valence-electron chi connectivity index (χ1n) is 5.34. The Morgan fingerprint density at radius 2 is 1.69 bits per heavy atom. The summed E-state index contributed by atoms with van der Waals surface area (Å²) in [5.74, 6) is 0.314. The summed E-state index contributed by atoms with van der Waals surface area (Å²) >= 11 is 0. The molecule has 0 aliphatic carbocycles. The highest BCUT2D eigenvalue weighted by Crippen LogP contribution is 2.05. The number of carbonyl (C=O) groups is 1. The lowest BCUT2D eigenvalue weighted by atomic mass is 10.1. The zero-order valence-electron chi connectivity index (χ0n) is 8.97. The number of hydrogen-bond acceptors (Lipinski definition) is 2. The van der Waals surface area contributed by atoms with E-state index in [2.05, 4.69) is 0 Å². The van der Waals surface area contributed by atoms with Crippen molar-refractivity contribution in [2.75, 3.05) is 13.2 Å². The Labute approximate surface area is 81.7 Å². The lowest BCUT2D eigenvalue weighted by Crippen LogP contribution is -1.93. The Morgan fingerprint density at radius 1 is 1.08 bits per heavy atom. The summed E-state index contributed by atoms with van der Waals surface area (Å²) in [5, 5.41) is 0. The van der Waals surface area contributed by atoms with Crippen LogP contribution in [-0.2, 0) is 9.53 Å². The van der Waals surface area contributed by atoms with E-state index in [9.17, 15) is 4.79 Å². The topological polar surface area (TPSA) is 26.3 Å². The van der Waals surface area contributed by atoms with Crippen molar-refractivity contribution in [3.63, 3.8) is 0 Å². The molecule has 0 aliphatic rings. The van der Waals surface area contributed by atoms with E-state index in [0.29, 0.717) is 5.78 Å². The van der Waals surface area contributed by atoms with Crippen molar-refractivity contribution >= 4 is 5.78 Å². The fraction of sp³-hybridized carbons (Fsp3) is 0.909. The van der Waals surface area contributed by atoms with Crippen LogP contribution in [0.1, 0.15) is 52.4 Å². The van der Waals surface area contributed by atoms with Gasteiger partial charge in [0.15, 0.2) is 0 Å². The van der Waals surface area contributed by atoms with Gasteiger partial charge < -0.3 is 9.53 Å². The molecule has 0 fully saturated rings. The van der Waals surface area contributed by atoms with E-state index in [-0.39, 0.29) is 0 Å². The van der Waals surface area contributed by atoms with Gasteiger partial charge in [0, 0.05) is 19.6 Å². The standard InChI is InChI=1S/C11H22O2/c1-3-13-10-8-6-4-5-7-9-11(2)12/h3-10H2,1-2H3. The molecule has 0 aliphatic heterocycles. The van der Waals surface area contributed by atoms with Gasteiger partial charge in [-0.25, -0.2) is 0 Å². The zero-order valence-corrected chi connectivity index (χ0v) is 8.97. The van der Waals surface area contributed by atoms with Crippen molar-refractivity contribution in [1.29, 1.82) is 0 Å². The second-order valence-corrected chi connectivity index (χ2v) is 3.42. The maximum atomic E-state index is 10.6. The van der Waals surface area contributed by atoms with Crippen LogP contribution in [0.15, 0.2) is 0 Å². The van der Waals surface area contributed by atoms with Gasteiger partial charge in [-0.05, 0) is 26.7 Å². The minimum absolute atomic E-state index is 0.314. The van der Waals surface area contributed by atoms with Crippen LogP contribution in [-0.4, -0.2) is 19.0 Å². The molecular weight excluding hydrogens is 164 g/mol. The third-order valence-electron chi connectivity index (χ3n) is 2.02. The lowest BCUT2D eigenvalue weighted by Gasteiger charge is -2.01. The van der Waals surface area contributed by atoms with Gasteiger partial charge in [0.2, 0.25) is 0 Å². The molecule has 2 heteroatoms. The van der Waals surface area contributed by atoms with E-state index in [4.69, 9.17) is 4.74 Å². The van der Waals surface area contributed by atoms with Gasteiger partial charge in [-0.1, -0.05) is 19.3 Å². The van der Waals surface area contributed by atoms with Crippen LogP contribution in [0.5, 0.6) is 0 Å². The monoisotopic (exact) mass is 186 g/mol. The quantitative estimate of drug-likeness (QED) is 0.517. The normalized spacial score (nSPS) is 10.3. The summed E-state index contributed by atoms with van der Waals surface area (Å²) in [5.41, 5.74) is 0. The highest BCUT2D eigenvalue weighted by atomic mass is 16.5. The van der Waals surface area contributed by atoms with Crippen LogP contribution >= 0.6 is 0 Å². The van der Waals surface area contributed by atoms with E-state index in [1.807, 2.05) is 6.92 Å². The smallest absolute Gasteiger partial charge is 0.129 e. The van der Waals surface area contributed by atoms with Gasteiger partial charge in [-0.15, -0.1) is 0 Å². The molecule has 0 aromatic rings. The molecule has 0 saturated carbocycles. The van der Waals surface area contributed by atoms with Crippen molar-refractivity contribution in [1.82, 2.24) is 0 Å². The van der Waals surface area contributed by atoms with Crippen LogP contribution in [0.2, 0.25) is 0 Å². The predicted molar refractivity (Wildman–Crippen MR) is 54.9 cm³/mol. The molecule has 2 nitrogen and oxygen atoms in total. The number of unbranched alkanes of at least 4 members (excludes halogenated alkanes) is 4. The van der Waals surface area contributed by atoms with Crippen molar-refractivity contribution in [2.24, 2.45) is 0 Å². The molecule has 13 heavy (non-hydrogen) atoms. The highest BCUT2D eigenvalue weighted by molar-refractivity contribution is 5.75. The van der Waals surface area contributed by atoms with E-state index >= 15 is 0 Å². The number of Topliss-reactive ketones (excluding diaryl/α,β-unsaturated/α-hetero) is 1. The van der Waals surface area contributed by atoms with Crippen molar-refractivity contribution in [3.8, 4) is 0 Å². The van der Waals surface area contributed by atoms with Gasteiger partial charge in [-0.2, -0.15) is 0 Å². The van der Waals surface area contributed by atoms with Crippen LogP contribution in [0.3, 0.4) is 0 Å². The third kappa shape index (κ3) is 11.6. The second-order valence-electron chi connectivity index (χ2n) is 3.42. The van der Waals surface area contributed by atoms with Crippen molar-refractivity contribution in [3.05, 3.63) is 0 Å². The molecule has 0 amide bonds. The molecule has 0 aromatic heterocycles. The average Bonchev–Trinajstić information content (AvgIpc) is 2.09. The summed E-state index contributed by atoms with van der Waals surface area (Å²) in [4.78, 5) is 10.6. The molecule has 78 valence electrons. The molecule has 0 unspecified atom stereocenters. The number of ether oxygens (including phenoxy) is 1. The lowest BCUT2D eigenvalue weighted by molar-refractivity contribution is -0.117. The van der Waals surface area contributed by atoms with Crippen molar-refractivity contribution < 1.29 is 9.53 Å². The minimum atomic E-state index is 0.314. The van der Waals surface area contributed by atoms with Gasteiger partial charge in [0.25, 0.3) is 0 Å². The summed E-state index contributed by atoms with van der Waals surface area (Å²) in [6.07, 6.45) is 6.63. The van der Waals surface area contributed by atoms with Crippen LogP contribution in [0.4, 0.5) is 0 Å². The third-order valence-corrected chi connectivity index (χ3v) is 2.02. The molecule has 0 bridgehead atoms. The van der Waals surface area contributed by atoms with Gasteiger partial charge >= 0.3 is 0 Å². The first kappa shape index (κ1) is 12.6. The molecular formula is C11H22O2. The largest absolute Gasteiger partial charge is 0.382 e. The minimum Gasteiger partial charge on any atom is -0.382 e. The summed E-state index contributed by atoms with van der Waals surface area (Å²) in [6.45, 7) is 5.40. The van der Waals surface area contributed by atoms with E-state index < -0.39 is 0 Å². The maximum Gasteiger partial charge on any atom is 0.129 e. The number of ketones is 1. The Kier molecular flexibility index (Phi) is 9.44. The summed E-state index contributed by atoms with van der Waals surface area (Å²) in [6, 6.07) is 0. The summed E-state index contributed by atoms with van der Waals surface area (Å²) in [7, 11) is 0. The first-order chi connectivity index (χ1) is 6.27. The van der Waals surface area contributed by atoms with Crippen LogP contribution < -0.4 is 0 Å². The predicted octanol–water partition coefficient (Wildman–Crippen LogP) is 2.95. The van der Waals surface area contributed by atoms with Crippen molar-refractivity contribution in [2.45, 2.75) is 52.4 Å². The molecule has 0 spiro atoms. The Bertz CT molecular complexity index is 121. The number of hydrogen-bond donors (Lipinski definition) is 0. The van der Waals surface area contributed by atoms with Crippen LogP contribution in [0, 0.1) is 0 Å². The van der Waals surface area contributed by atoms with Gasteiger partial charge in [0.1, 0.15) is 5.78 Å². The average molecular weight is 186 g/mol. The maximum absolute atomic E-state index is 10.6. The van der Waals surface area contributed by atoms with Gasteiger partial charge in [-0.3, -0.25) is 0 Å². The van der Waals surface area contributed by atoms with Gasteiger partial charge in [0.05, 0.1) is 0 Å². The molecule has 0 heterocycles. The molecule has 0 N–H and O–H groups in total. The molecule has 0 atom stereocenters. The highest BCUT2D eigenvalue weighted by Gasteiger charge is 1.93. The fourth-order valence-electron chi connectivity index (χ4n) is 1.25. The van der Waals surface area contributed by atoms with E-state index in [1.54, 1.807) is 6.92 Å². The van der Waals surface area contributed by atoms with E-state index in [0.717, 1.165) is 32.5 Å². The van der Waals surface area contributed by atoms with Crippen LogP contribution in [0.25, 0.3) is 0 Å².